The second kappa shape index (κ2) is 4.58. The smallest absolute Gasteiger partial charge is 0.192 e. The molecule has 2 nitrogen and oxygen atoms in total. The van der Waals surface area contributed by atoms with Crippen LogP contribution < -0.4 is 0 Å². The first-order chi connectivity index (χ1) is 6.08. The Bertz CT molecular complexity index is 175. The summed E-state index contributed by atoms with van der Waals surface area (Å²) in [4.78, 5) is 0. The quantitative estimate of drug-likeness (QED) is 0.715. The fraction of sp³-hybridized carbons (Fsp3) is 1.00. The standard InChI is InChI=1S/C10H24O2Si/c1-7-9(11)8-12-13(5,6)10(2,3)4/h9,11H,7-8H2,1-6H3/t9-/m1/s1/i7D/t7-,9-. The van der Waals surface area contributed by atoms with Crippen molar-refractivity contribution in [2.45, 2.75) is 58.3 Å². The summed E-state index contributed by atoms with van der Waals surface area (Å²) in [6, 6.07) is 0. The molecule has 0 unspecified atom stereocenters. The van der Waals surface area contributed by atoms with Crippen LogP contribution in [0, 0.1) is 0 Å². The van der Waals surface area contributed by atoms with Gasteiger partial charge in [0.25, 0.3) is 0 Å². The molecule has 0 fully saturated rings. The van der Waals surface area contributed by atoms with Gasteiger partial charge in [-0.1, -0.05) is 27.7 Å². The topological polar surface area (TPSA) is 29.5 Å². The van der Waals surface area contributed by atoms with Gasteiger partial charge in [0.1, 0.15) is 0 Å². The largest absolute Gasteiger partial charge is 0.414 e. The molecular formula is C10H24O2Si. The van der Waals surface area contributed by atoms with Gasteiger partial charge in [0.15, 0.2) is 8.32 Å². The molecule has 0 aliphatic carbocycles. The molecule has 0 amide bonds. The molecule has 0 aliphatic rings. The van der Waals surface area contributed by atoms with Gasteiger partial charge in [-0.15, -0.1) is 0 Å². The fourth-order valence-corrected chi connectivity index (χ4v) is 1.63. The summed E-state index contributed by atoms with van der Waals surface area (Å²) in [6.07, 6.45) is -1.14. The van der Waals surface area contributed by atoms with E-state index in [0.717, 1.165) is 0 Å². The number of aliphatic hydroxyl groups excluding tert-OH is 1. The van der Waals surface area contributed by atoms with E-state index in [0.29, 0.717) is 6.61 Å². The van der Waals surface area contributed by atoms with Crippen LogP contribution in [0.25, 0.3) is 0 Å². The molecule has 0 heterocycles. The molecule has 0 aromatic rings. The molecule has 0 radical (unpaired) electrons. The number of rotatable bonds is 4. The zero-order chi connectivity index (χ0) is 11.6. The maximum absolute atomic E-state index is 9.47. The first kappa shape index (κ1) is 11.2. The Morgan fingerprint density at radius 3 is 2.23 bits per heavy atom. The highest BCUT2D eigenvalue weighted by Crippen LogP contribution is 2.36. The Labute approximate surface area is 84.8 Å². The van der Waals surface area contributed by atoms with Crippen LogP contribution >= 0.6 is 0 Å². The fourth-order valence-electron chi connectivity index (χ4n) is 0.606. The third kappa shape index (κ3) is 4.25. The second-order valence-electron chi connectivity index (χ2n) is 4.97. The van der Waals surface area contributed by atoms with Crippen LogP contribution in [0.5, 0.6) is 0 Å². The van der Waals surface area contributed by atoms with Crippen molar-refractivity contribution < 1.29 is 10.9 Å². The lowest BCUT2D eigenvalue weighted by molar-refractivity contribution is 0.0969. The molecule has 80 valence electrons. The Morgan fingerprint density at radius 2 is 1.92 bits per heavy atom. The van der Waals surface area contributed by atoms with Gasteiger partial charge >= 0.3 is 0 Å². The normalized spacial score (nSPS) is 19.5. The van der Waals surface area contributed by atoms with Crippen molar-refractivity contribution in [3.63, 3.8) is 0 Å². The second-order valence-corrected chi connectivity index (χ2v) is 9.78. The van der Waals surface area contributed by atoms with Crippen molar-refractivity contribution in [2.75, 3.05) is 6.61 Å². The lowest BCUT2D eigenvalue weighted by Crippen LogP contribution is -2.42. The third-order valence-electron chi connectivity index (χ3n) is 2.81. The molecule has 0 aliphatic heterocycles. The summed E-state index contributed by atoms with van der Waals surface area (Å²) in [5.74, 6) is 0. The highest BCUT2D eigenvalue weighted by molar-refractivity contribution is 6.74. The lowest BCUT2D eigenvalue weighted by Gasteiger charge is -2.36. The van der Waals surface area contributed by atoms with Gasteiger partial charge in [0.2, 0.25) is 0 Å². The van der Waals surface area contributed by atoms with Gasteiger partial charge in [-0.05, 0) is 24.5 Å². The molecule has 0 bridgehead atoms. The van der Waals surface area contributed by atoms with Gasteiger partial charge in [-0.25, -0.2) is 0 Å². The van der Waals surface area contributed by atoms with Crippen molar-refractivity contribution in [1.82, 2.24) is 0 Å². The third-order valence-corrected chi connectivity index (χ3v) is 7.31. The summed E-state index contributed by atoms with van der Waals surface area (Å²) in [5.41, 5.74) is 0. The van der Waals surface area contributed by atoms with E-state index in [1.807, 2.05) is 0 Å². The van der Waals surface area contributed by atoms with E-state index in [2.05, 4.69) is 33.9 Å². The van der Waals surface area contributed by atoms with Crippen LogP contribution in [0.4, 0.5) is 0 Å². The predicted octanol–water partition coefficient (Wildman–Crippen LogP) is 2.78. The van der Waals surface area contributed by atoms with Crippen LogP contribution in [-0.2, 0) is 4.43 Å². The van der Waals surface area contributed by atoms with Gasteiger partial charge < -0.3 is 9.53 Å². The summed E-state index contributed by atoms with van der Waals surface area (Å²) in [7, 11) is -1.76. The van der Waals surface area contributed by atoms with E-state index >= 15 is 0 Å². The molecule has 0 aromatic carbocycles. The molecule has 0 saturated carbocycles. The summed E-state index contributed by atoms with van der Waals surface area (Å²) < 4.78 is 13.1. The molecule has 1 N–H and O–H groups in total. The Balaban J connectivity index is 4.13. The zero-order valence-corrected chi connectivity index (χ0v) is 10.7. The minimum absolute atomic E-state index is 0.165. The lowest BCUT2D eigenvalue weighted by atomic mass is 10.2. The van der Waals surface area contributed by atoms with E-state index in [1.54, 1.807) is 6.92 Å². The Kier molecular flexibility index (Phi) is 3.95. The van der Waals surface area contributed by atoms with Crippen LogP contribution in [0.15, 0.2) is 0 Å². The van der Waals surface area contributed by atoms with Gasteiger partial charge in [0.05, 0.1) is 12.7 Å². The van der Waals surface area contributed by atoms with Crippen molar-refractivity contribution in [3.05, 3.63) is 0 Å². The Hall–Kier alpha value is 0.137. The minimum atomic E-state index is -1.76. The first-order valence-corrected chi connectivity index (χ1v) is 7.73. The number of hydrogen-bond donors (Lipinski definition) is 1. The SMILES string of the molecule is [2H][C@H](C)[C@@H](O)CO[Si](C)(C)C(C)(C)C. The number of aliphatic hydroxyl groups is 1. The molecule has 0 spiro atoms. The summed E-state index contributed by atoms with van der Waals surface area (Å²) in [6.45, 7) is 12.8. The first-order valence-electron chi connectivity index (χ1n) is 5.40. The number of hydrogen-bond acceptors (Lipinski definition) is 2. The van der Waals surface area contributed by atoms with Crippen LogP contribution in [0.1, 0.15) is 35.5 Å². The molecule has 0 saturated heterocycles. The van der Waals surface area contributed by atoms with Gasteiger partial charge in [-0.3, -0.25) is 0 Å². The molecule has 13 heavy (non-hydrogen) atoms. The average molecular weight is 205 g/mol. The molecule has 2 atom stereocenters. The Morgan fingerprint density at radius 1 is 1.46 bits per heavy atom. The minimum Gasteiger partial charge on any atom is -0.414 e. The van der Waals surface area contributed by atoms with E-state index in [-0.39, 0.29) is 5.04 Å². The molecule has 0 aromatic heterocycles. The van der Waals surface area contributed by atoms with E-state index < -0.39 is 20.8 Å². The van der Waals surface area contributed by atoms with Crippen LogP contribution in [0.3, 0.4) is 0 Å². The van der Waals surface area contributed by atoms with Crippen LogP contribution in [-0.4, -0.2) is 26.1 Å². The van der Waals surface area contributed by atoms with Gasteiger partial charge in [0, 0.05) is 1.37 Å². The van der Waals surface area contributed by atoms with Crippen LogP contribution in [0.2, 0.25) is 18.1 Å². The maximum Gasteiger partial charge on any atom is 0.192 e. The average Bonchev–Trinajstić information content (AvgIpc) is 1.97. The van der Waals surface area contributed by atoms with Crippen molar-refractivity contribution in [2.24, 2.45) is 0 Å². The summed E-state index contributed by atoms with van der Waals surface area (Å²) in [5, 5.41) is 9.63. The summed E-state index contributed by atoms with van der Waals surface area (Å²) >= 11 is 0. The monoisotopic (exact) mass is 205 g/mol. The predicted molar refractivity (Wildman–Crippen MR) is 59.4 cm³/mol. The van der Waals surface area contributed by atoms with Crippen molar-refractivity contribution in [1.29, 1.82) is 0 Å². The highest BCUT2D eigenvalue weighted by atomic mass is 28.4. The van der Waals surface area contributed by atoms with E-state index in [4.69, 9.17) is 5.80 Å². The zero-order valence-electron chi connectivity index (χ0n) is 10.7. The van der Waals surface area contributed by atoms with E-state index in [9.17, 15) is 5.11 Å². The highest BCUT2D eigenvalue weighted by Gasteiger charge is 2.37. The van der Waals surface area contributed by atoms with Crippen molar-refractivity contribution in [3.8, 4) is 0 Å². The maximum atomic E-state index is 9.47. The van der Waals surface area contributed by atoms with Crippen molar-refractivity contribution >= 4 is 8.32 Å². The molecule has 3 heteroatoms. The van der Waals surface area contributed by atoms with E-state index in [1.165, 1.54) is 0 Å². The molecular weight excluding hydrogens is 180 g/mol. The molecule has 0 rings (SSSR count). The van der Waals surface area contributed by atoms with Gasteiger partial charge in [-0.2, -0.15) is 0 Å².